The van der Waals surface area contributed by atoms with Crippen LogP contribution in [0.1, 0.15) is 37.5 Å². The molecule has 28 heavy (non-hydrogen) atoms. The molecule has 0 aromatic carbocycles. The van der Waals surface area contributed by atoms with Crippen molar-refractivity contribution in [3.8, 4) is 0 Å². The molecule has 160 valence electrons. The zero-order valence-electron chi connectivity index (χ0n) is 17.0. The number of rotatable bonds is 8. The standard InChI is InChI=1S/C19H32N4O2S2.HI/c1-4-27(25)17-9-5-7-15(13-17)22-19(21-14-18(24)23(2)3)20-11-10-16-8-6-12-26-16;/h6,8,12,15,17H,4-5,7,9-11,13-14H2,1-3H3,(H2,20,21,22);1H. The number of hydrogen-bond donors (Lipinski definition) is 2. The summed E-state index contributed by atoms with van der Waals surface area (Å²) in [6, 6.07) is 4.43. The van der Waals surface area contributed by atoms with Crippen LogP contribution in [0.25, 0.3) is 0 Å². The fraction of sp³-hybridized carbons (Fsp3) is 0.684. The van der Waals surface area contributed by atoms with Gasteiger partial charge in [0.05, 0.1) is 0 Å². The van der Waals surface area contributed by atoms with Crippen molar-refractivity contribution in [2.75, 3.05) is 32.9 Å². The molecule has 3 atom stereocenters. The van der Waals surface area contributed by atoms with Crippen molar-refractivity contribution in [2.24, 2.45) is 4.99 Å². The van der Waals surface area contributed by atoms with Crippen LogP contribution in [0.4, 0.5) is 0 Å². The number of nitrogens with zero attached hydrogens (tertiary/aromatic N) is 2. The van der Waals surface area contributed by atoms with Crippen LogP contribution in [0.15, 0.2) is 22.5 Å². The van der Waals surface area contributed by atoms with Gasteiger partial charge in [-0.2, -0.15) is 0 Å². The highest BCUT2D eigenvalue weighted by Crippen LogP contribution is 2.23. The molecule has 0 saturated heterocycles. The van der Waals surface area contributed by atoms with Gasteiger partial charge in [0.25, 0.3) is 0 Å². The Morgan fingerprint density at radius 1 is 1.39 bits per heavy atom. The fourth-order valence-corrected chi connectivity index (χ4v) is 5.20. The maximum absolute atomic E-state index is 12.2. The Morgan fingerprint density at radius 2 is 2.18 bits per heavy atom. The SMILES string of the molecule is CCS(=O)C1CCCC(NC(=NCC(=O)N(C)C)NCCc2cccs2)C1.I. The zero-order chi connectivity index (χ0) is 19.6. The molecule has 0 bridgehead atoms. The molecule has 0 radical (unpaired) electrons. The van der Waals surface area contributed by atoms with Crippen LogP contribution >= 0.6 is 35.3 Å². The van der Waals surface area contributed by atoms with Gasteiger partial charge in [-0.1, -0.05) is 19.4 Å². The number of thiophene rings is 1. The van der Waals surface area contributed by atoms with Crippen LogP contribution in [0.5, 0.6) is 0 Å². The van der Waals surface area contributed by atoms with Crippen molar-refractivity contribution in [2.45, 2.75) is 50.3 Å². The van der Waals surface area contributed by atoms with E-state index in [0.717, 1.165) is 38.6 Å². The van der Waals surface area contributed by atoms with E-state index in [0.29, 0.717) is 11.7 Å². The average molecular weight is 541 g/mol. The Labute approximate surface area is 192 Å². The topological polar surface area (TPSA) is 73.8 Å². The van der Waals surface area contributed by atoms with Crippen LogP contribution in [0.3, 0.4) is 0 Å². The molecular formula is C19H33IN4O2S2. The average Bonchev–Trinajstić information content (AvgIpc) is 3.18. The second kappa shape index (κ2) is 13.5. The minimum Gasteiger partial charge on any atom is -0.356 e. The number of nitrogens with one attached hydrogen (secondary N) is 2. The van der Waals surface area contributed by atoms with Gasteiger partial charge in [0, 0.05) is 53.4 Å². The van der Waals surface area contributed by atoms with Crippen molar-refractivity contribution in [1.29, 1.82) is 0 Å². The molecule has 1 heterocycles. The number of aliphatic imine (C=N–C) groups is 1. The molecule has 1 aromatic heterocycles. The predicted molar refractivity (Wildman–Crippen MR) is 130 cm³/mol. The van der Waals surface area contributed by atoms with Gasteiger partial charge in [-0.05, 0) is 37.1 Å². The number of hydrogen-bond acceptors (Lipinski definition) is 4. The molecule has 1 aliphatic rings. The molecule has 6 nitrogen and oxygen atoms in total. The lowest BCUT2D eigenvalue weighted by molar-refractivity contribution is -0.127. The van der Waals surface area contributed by atoms with E-state index in [1.807, 2.05) is 6.92 Å². The Balaban J connectivity index is 0.00000392. The summed E-state index contributed by atoms with van der Waals surface area (Å²) in [4.78, 5) is 19.3. The largest absolute Gasteiger partial charge is 0.356 e. The van der Waals surface area contributed by atoms with Gasteiger partial charge in [-0.15, -0.1) is 35.3 Å². The van der Waals surface area contributed by atoms with E-state index >= 15 is 0 Å². The van der Waals surface area contributed by atoms with Crippen molar-refractivity contribution < 1.29 is 9.00 Å². The minimum absolute atomic E-state index is 0. The van der Waals surface area contributed by atoms with Crippen molar-refractivity contribution in [1.82, 2.24) is 15.5 Å². The van der Waals surface area contributed by atoms with E-state index < -0.39 is 10.8 Å². The first-order chi connectivity index (χ1) is 13.0. The number of likely N-dealkylation sites (N-methyl/N-ethyl adjacent to an activating group) is 1. The smallest absolute Gasteiger partial charge is 0.243 e. The summed E-state index contributed by atoms with van der Waals surface area (Å²) in [5, 5.41) is 9.17. The van der Waals surface area contributed by atoms with E-state index in [1.54, 1.807) is 30.3 Å². The number of halogens is 1. The number of guanidine groups is 1. The molecule has 1 aromatic rings. The second-order valence-corrected chi connectivity index (χ2v) is 10.0. The third-order valence-corrected chi connectivity index (χ3v) is 7.42. The van der Waals surface area contributed by atoms with Gasteiger partial charge in [0.2, 0.25) is 5.91 Å². The van der Waals surface area contributed by atoms with Crippen LogP contribution in [0.2, 0.25) is 0 Å². The Kier molecular flexibility index (Phi) is 12.2. The maximum Gasteiger partial charge on any atom is 0.243 e. The Hall–Kier alpha value is -0.680. The fourth-order valence-electron chi connectivity index (χ4n) is 3.14. The van der Waals surface area contributed by atoms with Gasteiger partial charge in [0.1, 0.15) is 6.54 Å². The van der Waals surface area contributed by atoms with Crippen molar-refractivity contribution >= 4 is 58.0 Å². The van der Waals surface area contributed by atoms with Crippen molar-refractivity contribution in [3.63, 3.8) is 0 Å². The van der Waals surface area contributed by atoms with Gasteiger partial charge in [0.15, 0.2) is 5.96 Å². The molecule has 9 heteroatoms. The van der Waals surface area contributed by atoms with Crippen LogP contribution in [0, 0.1) is 0 Å². The van der Waals surface area contributed by atoms with Gasteiger partial charge >= 0.3 is 0 Å². The van der Waals surface area contributed by atoms with E-state index in [-0.39, 0.29) is 47.7 Å². The lowest BCUT2D eigenvalue weighted by Gasteiger charge is -2.30. The van der Waals surface area contributed by atoms with E-state index in [1.165, 1.54) is 4.88 Å². The quantitative estimate of drug-likeness (QED) is 0.302. The van der Waals surface area contributed by atoms with Crippen LogP contribution in [-0.4, -0.2) is 65.2 Å². The molecule has 0 aliphatic heterocycles. The summed E-state index contributed by atoms with van der Waals surface area (Å²) in [7, 11) is 2.72. The molecular weight excluding hydrogens is 507 g/mol. The molecule has 2 rings (SSSR count). The summed E-state index contributed by atoms with van der Waals surface area (Å²) < 4.78 is 12.2. The van der Waals surface area contributed by atoms with E-state index in [4.69, 9.17) is 0 Å². The molecule has 0 spiro atoms. The molecule has 1 aliphatic carbocycles. The monoisotopic (exact) mass is 540 g/mol. The lowest BCUT2D eigenvalue weighted by Crippen LogP contribution is -2.47. The van der Waals surface area contributed by atoms with Crippen molar-refractivity contribution in [3.05, 3.63) is 22.4 Å². The van der Waals surface area contributed by atoms with Crippen LogP contribution in [-0.2, 0) is 22.0 Å². The van der Waals surface area contributed by atoms with E-state index in [2.05, 4.69) is 33.1 Å². The maximum atomic E-state index is 12.2. The Bertz CT molecular complexity index is 638. The van der Waals surface area contributed by atoms with Gasteiger partial charge in [-0.25, -0.2) is 4.99 Å². The predicted octanol–water partition coefficient (Wildman–Crippen LogP) is 2.61. The minimum atomic E-state index is -0.752. The normalized spacial score (nSPS) is 20.8. The first-order valence-corrected chi connectivity index (χ1v) is 11.9. The summed E-state index contributed by atoms with van der Waals surface area (Å²) in [6.07, 6.45) is 4.98. The van der Waals surface area contributed by atoms with Gasteiger partial charge in [-0.3, -0.25) is 9.00 Å². The second-order valence-electron chi connectivity index (χ2n) is 7.01. The van der Waals surface area contributed by atoms with E-state index in [9.17, 15) is 9.00 Å². The highest BCUT2D eigenvalue weighted by Gasteiger charge is 2.26. The van der Waals surface area contributed by atoms with Gasteiger partial charge < -0.3 is 15.5 Å². The Morgan fingerprint density at radius 3 is 2.82 bits per heavy atom. The highest BCUT2D eigenvalue weighted by atomic mass is 127. The number of carbonyl (C=O) groups is 1. The number of amides is 1. The molecule has 1 fully saturated rings. The molecule has 1 saturated carbocycles. The zero-order valence-corrected chi connectivity index (χ0v) is 20.9. The molecule has 3 unspecified atom stereocenters. The molecule has 2 N–H and O–H groups in total. The third-order valence-electron chi connectivity index (χ3n) is 4.74. The molecule has 1 amide bonds. The summed E-state index contributed by atoms with van der Waals surface area (Å²) in [6.45, 7) is 2.87. The van der Waals surface area contributed by atoms with Crippen LogP contribution < -0.4 is 10.6 Å². The summed E-state index contributed by atoms with van der Waals surface area (Å²) >= 11 is 1.74. The highest BCUT2D eigenvalue weighted by molar-refractivity contribution is 14.0. The summed E-state index contributed by atoms with van der Waals surface area (Å²) in [5.74, 6) is 1.37. The summed E-state index contributed by atoms with van der Waals surface area (Å²) in [5.41, 5.74) is 0. The lowest BCUT2D eigenvalue weighted by atomic mass is 9.95. The first-order valence-electron chi connectivity index (χ1n) is 9.64. The third kappa shape index (κ3) is 8.77. The number of carbonyl (C=O) groups excluding carboxylic acids is 1. The first kappa shape index (κ1) is 25.4.